The third kappa shape index (κ3) is 2.94. The molecule has 5 rings (SSSR count). The maximum Gasteiger partial charge on any atom is 0.256 e. The number of carbonyl (C=O) groups is 1. The van der Waals surface area contributed by atoms with Crippen molar-refractivity contribution >= 4 is 23.5 Å². The van der Waals surface area contributed by atoms with E-state index in [1.165, 1.54) is 38.5 Å². The molecule has 1 saturated heterocycles. The Labute approximate surface area is 160 Å². The van der Waals surface area contributed by atoms with Crippen LogP contribution in [0, 0.1) is 23.7 Å². The van der Waals surface area contributed by atoms with Crippen LogP contribution in [0.2, 0.25) is 0 Å². The standard InChI is InChI=1S/C20H30N4OS/c1-23-20(24-4-6-26-7-5-24)17(12-21-23)19(25)22-18-3-2-13-8-14-10-15(9-13)16(18)11-14/h12-16,18H,2-11H2,1H3,(H,22,25). The highest BCUT2D eigenvalue weighted by molar-refractivity contribution is 7.99. The zero-order chi connectivity index (χ0) is 17.7. The fourth-order valence-electron chi connectivity index (χ4n) is 6.26. The summed E-state index contributed by atoms with van der Waals surface area (Å²) in [5.41, 5.74) is 0.767. The summed E-state index contributed by atoms with van der Waals surface area (Å²) < 4.78 is 1.88. The zero-order valence-electron chi connectivity index (χ0n) is 15.7. The first-order valence-electron chi connectivity index (χ1n) is 10.3. The number of hydrogen-bond acceptors (Lipinski definition) is 4. The second-order valence-corrected chi connectivity index (χ2v) is 10.1. The van der Waals surface area contributed by atoms with Crippen molar-refractivity contribution in [2.45, 2.75) is 44.6 Å². The molecule has 0 radical (unpaired) electrons. The second kappa shape index (κ2) is 6.77. The Morgan fingerprint density at radius 3 is 2.81 bits per heavy atom. The number of nitrogens with zero attached hydrogens (tertiary/aromatic N) is 3. The first kappa shape index (κ1) is 17.0. The van der Waals surface area contributed by atoms with Gasteiger partial charge in [-0.2, -0.15) is 16.9 Å². The van der Waals surface area contributed by atoms with Crippen LogP contribution in [0.25, 0.3) is 0 Å². The molecule has 0 aromatic carbocycles. The number of anilines is 1. The summed E-state index contributed by atoms with van der Waals surface area (Å²) in [5, 5.41) is 7.87. The Bertz CT molecular complexity index is 683. The van der Waals surface area contributed by atoms with E-state index < -0.39 is 0 Å². The largest absolute Gasteiger partial charge is 0.355 e. The lowest BCUT2D eigenvalue weighted by Crippen LogP contribution is -2.42. The Balaban J connectivity index is 1.34. The van der Waals surface area contributed by atoms with Gasteiger partial charge in [0.2, 0.25) is 0 Å². The van der Waals surface area contributed by atoms with Crippen LogP contribution in [0.15, 0.2) is 6.20 Å². The molecule has 4 fully saturated rings. The van der Waals surface area contributed by atoms with Gasteiger partial charge in [0.05, 0.1) is 6.20 Å². The van der Waals surface area contributed by atoms with Crippen LogP contribution < -0.4 is 10.2 Å². The van der Waals surface area contributed by atoms with E-state index in [0.29, 0.717) is 12.0 Å². The number of aryl methyl sites for hydroxylation is 1. The van der Waals surface area contributed by atoms with Gasteiger partial charge in [0, 0.05) is 37.7 Å². The molecule has 2 heterocycles. The van der Waals surface area contributed by atoms with E-state index in [1.807, 2.05) is 23.5 Å². The normalized spacial score (nSPS) is 36.2. The van der Waals surface area contributed by atoms with E-state index in [-0.39, 0.29) is 5.91 Å². The van der Waals surface area contributed by atoms with Crippen molar-refractivity contribution in [3.05, 3.63) is 11.8 Å². The lowest BCUT2D eigenvalue weighted by atomic mass is 9.80. The lowest BCUT2D eigenvalue weighted by Gasteiger charge is -2.30. The summed E-state index contributed by atoms with van der Waals surface area (Å²) in [5.74, 6) is 6.78. The summed E-state index contributed by atoms with van der Waals surface area (Å²) in [6.45, 7) is 2.00. The third-order valence-electron chi connectivity index (χ3n) is 7.33. The van der Waals surface area contributed by atoms with Crippen molar-refractivity contribution < 1.29 is 4.79 Å². The molecule has 4 aliphatic rings. The van der Waals surface area contributed by atoms with Crippen LogP contribution in [0.1, 0.15) is 48.9 Å². The van der Waals surface area contributed by atoms with Crippen molar-refractivity contribution in [1.29, 1.82) is 0 Å². The molecule has 1 aromatic heterocycles. The van der Waals surface area contributed by atoms with Gasteiger partial charge >= 0.3 is 0 Å². The van der Waals surface area contributed by atoms with Crippen molar-refractivity contribution in [3.8, 4) is 0 Å². The zero-order valence-corrected chi connectivity index (χ0v) is 16.5. The smallest absolute Gasteiger partial charge is 0.256 e. The molecule has 3 bridgehead atoms. The average molecular weight is 375 g/mol. The molecule has 1 amide bonds. The number of amides is 1. The Hall–Kier alpha value is -1.17. The van der Waals surface area contributed by atoms with Gasteiger partial charge in [0.15, 0.2) is 0 Å². The Kier molecular flexibility index (Phi) is 4.42. The summed E-state index contributed by atoms with van der Waals surface area (Å²) in [6.07, 6.45) is 9.86. The van der Waals surface area contributed by atoms with Gasteiger partial charge in [0.1, 0.15) is 11.4 Å². The molecule has 0 spiro atoms. The minimum absolute atomic E-state index is 0.0950. The average Bonchev–Trinajstić information content (AvgIpc) is 3.15. The predicted octanol–water partition coefficient (Wildman–Crippen LogP) is 2.92. The van der Waals surface area contributed by atoms with Crippen molar-refractivity contribution in [1.82, 2.24) is 15.1 Å². The molecular weight excluding hydrogens is 344 g/mol. The van der Waals surface area contributed by atoms with Crippen LogP contribution >= 0.6 is 11.8 Å². The topological polar surface area (TPSA) is 50.2 Å². The van der Waals surface area contributed by atoms with Gasteiger partial charge in [-0.25, -0.2) is 0 Å². The quantitative estimate of drug-likeness (QED) is 0.884. The summed E-state index contributed by atoms with van der Waals surface area (Å²) in [4.78, 5) is 15.5. The van der Waals surface area contributed by atoms with Gasteiger partial charge < -0.3 is 10.2 Å². The second-order valence-electron chi connectivity index (χ2n) is 8.86. The molecule has 3 saturated carbocycles. The fraction of sp³-hybridized carbons (Fsp3) is 0.800. The molecule has 5 nitrogen and oxygen atoms in total. The number of hydrogen-bond donors (Lipinski definition) is 1. The lowest BCUT2D eigenvalue weighted by molar-refractivity contribution is 0.0913. The number of thioether (sulfide) groups is 1. The molecule has 26 heavy (non-hydrogen) atoms. The van der Waals surface area contributed by atoms with Crippen molar-refractivity contribution in [2.75, 3.05) is 29.5 Å². The van der Waals surface area contributed by atoms with E-state index in [2.05, 4.69) is 15.3 Å². The summed E-state index contributed by atoms with van der Waals surface area (Å²) >= 11 is 1.99. The molecule has 1 aromatic rings. The molecule has 1 N–H and O–H groups in total. The molecule has 3 aliphatic carbocycles. The maximum atomic E-state index is 13.2. The minimum Gasteiger partial charge on any atom is -0.355 e. The Morgan fingerprint density at radius 2 is 1.96 bits per heavy atom. The van der Waals surface area contributed by atoms with Gasteiger partial charge in [-0.1, -0.05) is 0 Å². The van der Waals surface area contributed by atoms with Crippen LogP contribution in [0.5, 0.6) is 0 Å². The van der Waals surface area contributed by atoms with Crippen LogP contribution in [-0.2, 0) is 7.05 Å². The number of carbonyl (C=O) groups excluding carboxylic acids is 1. The highest BCUT2D eigenvalue weighted by Crippen LogP contribution is 2.53. The fourth-order valence-corrected chi connectivity index (χ4v) is 7.16. The molecule has 142 valence electrons. The van der Waals surface area contributed by atoms with Crippen LogP contribution in [-0.4, -0.2) is 46.3 Å². The van der Waals surface area contributed by atoms with Gasteiger partial charge in [0.25, 0.3) is 5.91 Å². The first-order chi connectivity index (χ1) is 12.7. The molecule has 6 heteroatoms. The molecule has 1 aliphatic heterocycles. The highest BCUT2D eigenvalue weighted by Gasteiger charge is 2.46. The van der Waals surface area contributed by atoms with Crippen molar-refractivity contribution in [2.24, 2.45) is 30.7 Å². The number of nitrogens with one attached hydrogen (secondary N) is 1. The van der Waals surface area contributed by atoms with Crippen molar-refractivity contribution in [3.63, 3.8) is 0 Å². The predicted molar refractivity (Wildman–Crippen MR) is 106 cm³/mol. The first-order valence-corrected chi connectivity index (χ1v) is 11.5. The monoisotopic (exact) mass is 374 g/mol. The van der Waals surface area contributed by atoms with Crippen LogP contribution in [0.3, 0.4) is 0 Å². The summed E-state index contributed by atoms with van der Waals surface area (Å²) in [7, 11) is 1.96. The highest BCUT2D eigenvalue weighted by atomic mass is 32.2. The van der Waals surface area contributed by atoms with Crippen LogP contribution in [0.4, 0.5) is 5.82 Å². The maximum absolute atomic E-state index is 13.2. The minimum atomic E-state index is 0.0950. The van der Waals surface area contributed by atoms with E-state index in [4.69, 9.17) is 0 Å². The Morgan fingerprint density at radius 1 is 1.15 bits per heavy atom. The SMILES string of the molecule is Cn1ncc(C(=O)NC2CCC3CC4CC(C3)C2C4)c1N1CCSCC1. The number of fused-ring (bicyclic) bond motifs is 2. The van der Waals surface area contributed by atoms with E-state index in [1.54, 1.807) is 6.20 Å². The number of aromatic nitrogens is 2. The molecule has 5 unspecified atom stereocenters. The van der Waals surface area contributed by atoms with Gasteiger partial charge in [-0.05, 0) is 62.2 Å². The number of rotatable bonds is 3. The van der Waals surface area contributed by atoms with E-state index in [0.717, 1.165) is 53.7 Å². The van der Waals surface area contributed by atoms with E-state index >= 15 is 0 Å². The van der Waals surface area contributed by atoms with Gasteiger partial charge in [-0.3, -0.25) is 9.48 Å². The summed E-state index contributed by atoms with van der Waals surface area (Å²) in [6, 6.07) is 0.368. The molecule has 5 atom stereocenters. The third-order valence-corrected chi connectivity index (χ3v) is 8.27. The van der Waals surface area contributed by atoms with E-state index in [9.17, 15) is 4.79 Å². The molecular formula is C20H30N4OS. The van der Waals surface area contributed by atoms with Gasteiger partial charge in [-0.15, -0.1) is 0 Å².